The van der Waals surface area contributed by atoms with E-state index >= 15 is 0 Å². The van der Waals surface area contributed by atoms with Gasteiger partial charge in [0.25, 0.3) is 0 Å². The Balaban J connectivity index is 1.58. The third-order valence-electron chi connectivity index (χ3n) is 3.80. The summed E-state index contributed by atoms with van der Waals surface area (Å²) < 4.78 is 5.78. The number of nitrogens with one attached hydrogen (secondary N) is 2. The third kappa shape index (κ3) is 3.95. The van der Waals surface area contributed by atoms with Gasteiger partial charge in [0.15, 0.2) is 0 Å². The zero-order chi connectivity index (χ0) is 13.2. The topological polar surface area (TPSA) is 50.4 Å². The number of carbonyl (C=O) groups is 1. The average molecular weight is 254 g/mol. The van der Waals surface area contributed by atoms with E-state index in [1.807, 2.05) is 0 Å². The Morgan fingerprint density at radius 2 is 2.11 bits per heavy atom. The van der Waals surface area contributed by atoms with Gasteiger partial charge >= 0.3 is 0 Å². The molecule has 2 saturated heterocycles. The summed E-state index contributed by atoms with van der Waals surface area (Å²) in [7, 11) is 0. The minimum absolute atomic E-state index is 0.0821. The summed E-state index contributed by atoms with van der Waals surface area (Å²) in [4.78, 5) is 11.7. The molecular formula is C14H26N2O2. The van der Waals surface area contributed by atoms with Crippen molar-refractivity contribution in [2.24, 2.45) is 5.92 Å². The van der Waals surface area contributed by atoms with Crippen LogP contribution in [0.2, 0.25) is 0 Å². The molecule has 104 valence electrons. The fraction of sp³-hybridized carbons (Fsp3) is 0.929. The Labute approximate surface area is 110 Å². The Bertz CT molecular complexity index is 299. The van der Waals surface area contributed by atoms with Crippen molar-refractivity contribution >= 4 is 5.91 Å². The average Bonchev–Trinajstić information content (AvgIpc) is 2.86. The molecule has 2 N–H and O–H groups in total. The number of hydrogen-bond donors (Lipinski definition) is 2. The summed E-state index contributed by atoms with van der Waals surface area (Å²) in [5.74, 6) is 0.692. The molecule has 1 amide bonds. The van der Waals surface area contributed by atoms with Crippen LogP contribution in [0.4, 0.5) is 0 Å². The van der Waals surface area contributed by atoms with Gasteiger partial charge in [-0.1, -0.05) is 0 Å². The monoisotopic (exact) mass is 254 g/mol. The third-order valence-corrected chi connectivity index (χ3v) is 3.80. The maximum Gasteiger partial charge on any atom is 0.221 e. The molecule has 0 spiro atoms. The molecule has 2 aliphatic rings. The van der Waals surface area contributed by atoms with Crippen LogP contribution in [-0.2, 0) is 9.53 Å². The zero-order valence-electron chi connectivity index (χ0n) is 11.8. The van der Waals surface area contributed by atoms with Crippen LogP contribution < -0.4 is 10.6 Å². The van der Waals surface area contributed by atoms with Crippen LogP contribution in [0, 0.1) is 5.92 Å². The minimum Gasteiger partial charge on any atom is -0.375 e. The lowest BCUT2D eigenvalue weighted by Gasteiger charge is -2.21. The molecule has 3 atom stereocenters. The summed E-state index contributed by atoms with van der Waals surface area (Å²) in [5, 5.41) is 6.36. The Morgan fingerprint density at radius 1 is 1.33 bits per heavy atom. The van der Waals surface area contributed by atoms with Crippen molar-refractivity contribution in [1.29, 1.82) is 0 Å². The minimum atomic E-state index is 0.0821. The summed E-state index contributed by atoms with van der Waals surface area (Å²) in [6.07, 6.45) is 4.95. The molecular weight excluding hydrogens is 228 g/mol. The predicted octanol–water partition coefficient (Wildman–Crippen LogP) is 1.45. The van der Waals surface area contributed by atoms with E-state index in [9.17, 15) is 4.79 Å². The largest absolute Gasteiger partial charge is 0.375 e. The summed E-state index contributed by atoms with van der Waals surface area (Å²) in [6.45, 7) is 7.85. The van der Waals surface area contributed by atoms with Crippen molar-refractivity contribution < 1.29 is 9.53 Å². The van der Waals surface area contributed by atoms with Gasteiger partial charge in [-0.2, -0.15) is 0 Å². The van der Waals surface area contributed by atoms with Crippen molar-refractivity contribution in [2.45, 2.75) is 64.2 Å². The second-order valence-corrected chi connectivity index (χ2v) is 6.60. The summed E-state index contributed by atoms with van der Waals surface area (Å²) >= 11 is 0. The van der Waals surface area contributed by atoms with Gasteiger partial charge in [-0.25, -0.2) is 0 Å². The van der Waals surface area contributed by atoms with Crippen molar-refractivity contribution in [1.82, 2.24) is 10.6 Å². The van der Waals surface area contributed by atoms with Gasteiger partial charge in [-0.05, 0) is 40.0 Å². The SMILES string of the molecule is CC(C)(C)NCCC(=O)NCC1CC2CCC1O2. The van der Waals surface area contributed by atoms with E-state index in [1.165, 1.54) is 12.8 Å². The second-order valence-electron chi connectivity index (χ2n) is 6.60. The number of carbonyl (C=O) groups excluding carboxylic acids is 1. The van der Waals surface area contributed by atoms with Crippen LogP contribution in [0.3, 0.4) is 0 Å². The molecule has 0 saturated carbocycles. The lowest BCUT2D eigenvalue weighted by atomic mass is 9.89. The maximum absolute atomic E-state index is 11.7. The Morgan fingerprint density at radius 3 is 2.67 bits per heavy atom. The van der Waals surface area contributed by atoms with E-state index in [1.54, 1.807) is 0 Å². The highest BCUT2D eigenvalue weighted by atomic mass is 16.5. The molecule has 0 radical (unpaired) electrons. The fourth-order valence-electron chi connectivity index (χ4n) is 2.84. The van der Waals surface area contributed by atoms with Crippen LogP contribution in [-0.4, -0.2) is 36.7 Å². The first-order valence-electron chi connectivity index (χ1n) is 7.11. The molecule has 3 unspecified atom stereocenters. The van der Waals surface area contributed by atoms with Crippen molar-refractivity contribution in [3.05, 3.63) is 0 Å². The molecule has 2 heterocycles. The number of amides is 1. The van der Waals surface area contributed by atoms with E-state index in [-0.39, 0.29) is 11.4 Å². The highest BCUT2D eigenvalue weighted by Gasteiger charge is 2.40. The highest BCUT2D eigenvalue weighted by Crippen LogP contribution is 2.38. The number of rotatable bonds is 5. The van der Waals surface area contributed by atoms with E-state index in [4.69, 9.17) is 4.74 Å². The van der Waals surface area contributed by atoms with E-state index < -0.39 is 0 Å². The van der Waals surface area contributed by atoms with Gasteiger partial charge in [-0.15, -0.1) is 0 Å². The van der Waals surface area contributed by atoms with E-state index in [2.05, 4.69) is 31.4 Å². The fourth-order valence-corrected chi connectivity index (χ4v) is 2.84. The number of hydrogen-bond acceptors (Lipinski definition) is 3. The summed E-state index contributed by atoms with van der Waals surface area (Å²) in [5.41, 5.74) is 0.0821. The Hall–Kier alpha value is -0.610. The molecule has 4 nitrogen and oxygen atoms in total. The first kappa shape index (κ1) is 13.8. The van der Waals surface area contributed by atoms with Gasteiger partial charge in [0.05, 0.1) is 12.2 Å². The van der Waals surface area contributed by atoms with Crippen LogP contribution in [0.1, 0.15) is 46.5 Å². The molecule has 0 aliphatic carbocycles. The lowest BCUT2D eigenvalue weighted by Crippen LogP contribution is -2.39. The second kappa shape index (κ2) is 5.57. The molecule has 2 fully saturated rings. The van der Waals surface area contributed by atoms with Crippen LogP contribution in [0.25, 0.3) is 0 Å². The van der Waals surface area contributed by atoms with Crippen molar-refractivity contribution in [2.75, 3.05) is 13.1 Å². The van der Waals surface area contributed by atoms with Crippen molar-refractivity contribution in [3.8, 4) is 0 Å². The Kier molecular flexibility index (Phi) is 4.28. The zero-order valence-corrected chi connectivity index (χ0v) is 11.8. The first-order valence-corrected chi connectivity index (χ1v) is 7.11. The molecule has 0 aromatic rings. The van der Waals surface area contributed by atoms with Gasteiger partial charge in [0.2, 0.25) is 5.91 Å². The van der Waals surface area contributed by atoms with Gasteiger partial charge in [-0.3, -0.25) is 4.79 Å². The van der Waals surface area contributed by atoms with Crippen LogP contribution in [0.15, 0.2) is 0 Å². The molecule has 2 bridgehead atoms. The quantitative estimate of drug-likeness (QED) is 0.780. The van der Waals surface area contributed by atoms with E-state index in [0.29, 0.717) is 24.5 Å². The van der Waals surface area contributed by atoms with Crippen molar-refractivity contribution in [3.63, 3.8) is 0 Å². The molecule has 18 heavy (non-hydrogen) atoms. The molecule has 2 rings (SSSR count). The van der Waals surface area contributed by atoms with Gasteiger partial charge in [0, 0.05) is 31.0 Å². The number of ether oxygens (including phenoxy) is 1. The van der Waals surface area contributed by atoms with Crippen LogP contribution >= 0.6 is 0 Å². The van der Waals surface area contributed by atoms with E-state index in [0.717, 1.165) is 19.5 Å². The van der Waals surface area contributed by atoms with Crippen LogP contribution in [0.5, 0.6) is 0 Å². The number of fused-ring (bicyclic) bond motifs is 2. The highest BCUT2D eigenvalue weighted by molar-refractivity contribution is 5.76. The molecule has 0 aromatic carbocycles. The standard InChI is InChI=1S/C14H26N2O2/c1-14(2,3)16-7-6-13(17)15-9-10-8-11-4-5-12(10)18-11/h10-12,16H,4-9H2,1-3H3,(H,15,17). The summed E-state index contributed by atoms with van der Waals surface area (Å²) in [6, 6.07) is 0. The molecule has 4 heteroatoms. The van der Waals surface area contributed by atoms with Gasteiger partial charge in [0.1, 0.15) is 0 Å². The first-order chi connectivity index (χ1) is 8.44. The predicted molar refractivity (Wildman–Crippen MR) is 71.4 cm³/mol. The smallest absolute Gasteiger partial charge is 0.221 e. The lowest BCUT2D eigenvalue weighted by molar-refractivity contribution is -0.121. The van der Waals surface area contributed by atoms with Gasteiger partial charge < -0.3 is 15.4 Å². The molecule has 0 aromatic heterocycles. The maximum atomic E-state index is 11.7. The normalized spacial score (nSPS) is 30.7. The molecule has 2 aliphatic heterocycles.